The number of aromatic nitrogens is 3. The summed E-state index contributed by atoms with van der Waals surface area (Å²) in [6.45, 7) is 0. The van der Waals surface area contributed by atoms with Crippen molar-refractivity contribution in [1.29, 1.82) is 0 Å². The Kier molecular flexibility index (Phi) is 8.81. The second kappa shape index (κ2) is 15.6. The van der Waals surface area contributed by atoms with Gasteiger partial charge in [-0.2, -0.15) is 0 Å². The van der Waals surface area contributed by atoms with Gasteiger partial charge in [0.2, 0.25) is 0 Å². The predicted molar refractivity (Wildman–Crippen MR) is 295 cm³/mol. The molecule has 0 saturated carbocycles. The summed E-state index contributed by atoms with van der Waals surface area (Å²) < 4.78 is 2.42. The number of fused-ring (bicyclic) bond motifs is 15. The topological polar surface area (TPSA) is 30.7 Å². The van der Waals surface area contributed by atoms with Crippen molar-refractivity contribution in [3.63, 3.8) is 0 Å². The van der Waals surface area contributed by atoms with Gasteiger partial charge in [0, 0.05) is 48.2 Å². The minimum Gasteiger partial charge on any atom is -0.309 e. The second-order valence-electron chi connectivity index (χ2n) is 18.8. The molecule has 3 heterocycles. The second-order valence-corrected chi connectivity index (χ2v) is 19.9. The molecule has 0 radical (unpaired) electrons. The van der Waals surface area contributed by atoms with Gasteiger partial charge in [0.25, 0.3) is 0 Å². The summed E-state index contributed by atoms with van der Waals surface area (Å²) in [5.41, 5.74) is 19.4. The van der Waals surface area contributed by atoms with E-state index in [1.54, 1.807) is 0 Å². The molecule has 330 valence electrons. The van der Waals surface area contributed by atoms with Crippen molar-refractivity contribution in [3.8, 4) is 61.7 Å². The fourth-order valence-electron chi connectivity index (χ4n) is 12.0. The van der Waals surface area contributed by atoms with E-state index >= 15 is 0 Å². The first-order chi connectivity index (χ1) is 35.2. The predicted octanol–water partition coefficient (Wildman–Crippen LogP) is 17.4. The molecule has 15 rings (SSSR count). The largest absolute Gasteiger partial charge is 0.309 e. The van der Waals surface area contributed by atoms with Gasteiger partial charge in [-0.25, -0.2) is 9.97 Å². The number of hydrogen-bond donors (Lipinski definition) is 0. The minimum absolute atomic E-state index is 0.480. The molecule has 0 bridgehead atoms. The lowest BCUT2D eigenvalue weighted by Gasteiger charge is -2.40. The number of rotatable bonds is 5. The van der Waals surface area contributed by atoms with Crippen molar-refractivity contribution in [2.75, 3.05) is 0 Å². The van der Waals surface area contributed by atoms with Crippen LogP contribution < -0.4 is 0 Å². The highest BCUT2D eigenvalue weighted by molar-refractivity contribution is 7.99. The fraction of sp³-hybridized carbons (Fsp3) is 0.0149. The van der Waals surface area contributed by atoms with Crippen LogP contribution in [0.5, 0.6) is 0 Å². The van der Waals surface area contributed by atoms with Crippen LogP contribution in [-0.2, 0) is 5.41 Å². The Morgan fingerprint density at radius 1 is 0.366 bits per heavy atom. The zero-order chi connectivity index (χ0) is 46.6. The number of para-hydroxylation sites is 1. The van der Waals surface area contributed by atoms with Crippen molar-refractivity contribution >= 4 is 55.2 Å². The van der Waals surface area contributed by atoms with E-state index in [4.69, 9.17) is 9.97 Å². The number of hydrogen-bond acceptors (Lipinski definition) is 3. The van der Waals surface area contributed by atoms with Crippen molar-refractivity contribution in [2.24, 2.45) is 0 Å². The van der Waals surface area contributed by atoms with Crippen LogP contribution in [0, 0.1) is 0 Å². The van der Waals surface area contributed by atoms with E-state index in [0.29, 0.717) is 5.82 Å². The molecule has 1 spiro atoms. The minimum atomic E-state index is -0.480. The molecule has 2 aliphatic rings. The maximum atomic E-state index is 5.47. The standard InChI is InChI=1S/C67H41N3S/c1-2-15-42(16-3-1)43-29-33-46(34-30-43)64-55-40-38-48(70-60-26-11-7-20-52(60)54-39-37-44-17-4-5-18-50(44)65(54)70)41-59(55)68-66(69-64)47-35-31-45(32-36-47)49-21-14-22-53-51-19-6-8-23-56(51)67(63(49)53)57-24-9-12-27-61(57)71-62-28-13-10-25-58(62)67/h1-41H. The first-order valence-corrected chi connectivity index (χ1v) is 25.1. The third-order valence-corrected chi connectivity index (χ3v) is 16.2. The van der Waals surface area contributed by atoms with Crippen LogP contribution in [0.1, 0.15) is 22.3 Å². The van der Waals surface area contributed by atoms with Crippen LogP contribution >= 0.6 is 11.8 Å². The average molecular weight is 920 g/mol. The molecule has 4 heteroatoms. The Morgan fingerprint density at radius 3 is 1.76 bits per heavy atom. The van der Waals surface area contributed by atoms with E-state index in [1.165, 1.54) is 86.9 Å². The van der Waals surface area contributed by atoms with Crippen LogP contribution in [0.2, 0.25) is 0 Å². The third-order valence-electron chi connectivity index (χ3n) is 15.1. The lowest BCUT2D eigenvalue weighted by molar-refractivity contribution is 0.724. The Hall–Kier alpha value is -8.83. The lowest BCUT2D eigenvalue weighted by Crippen LogP contribution is -2.32. The molecular formula is C67H41N3S. The van der Waals surface area contributed by atoms with Gasteiger partial charge in [-0.15, -0.1) is 0 Å². The highest BCUT2D eigenvalue weighted by Crippen LogP contribution is 2.63. The Morgan fingerprint density at radius 2 is 0.958 bits per heavy atom. The van der Waals surface area contributed by atoms with Crippen LogP contribution in [0.15, 0.2) is 259 Å². The molecule has 1 aliphatic carbocycles. The highest BCUT2D eigenvalue weighted by Gasteiger charge is 2.51. The van der Waals surface area contributed by atoms with Crippen LogP contribution in [0.3, 0.4) is 0 Å². The summed E-state index contributed by atoms with van der Waals surface area (Å²) in [6.07, 6.45) is 0. The molecule has 3 nitrogen and oxygen atoms in total. The maximum Gasteiger partial charge on any atom is 0.160 e. The van der Waals surface area contributed by atoms with Gasteiger partial charge in [-0.3, -0.25) is 0 Å². The molecular weight excluding hydrogens is 879 g/mol. The molecule has 71 heavy (non-hydrogen) atoms. The van der Waals surface area contributed by atoms with E-state index < -0.39 is 5.41 Å². The maximum absolute atomic E-state index is 5.47. The summed E-state index contributed by atoms with van der Waals surface area (Å²) in [4.78, 5) is 13.5. The molecule has 2 aromatic heterocycles. The van der Waals surface area contributed by atoms with E-state index in [0.717, 1.165) is 44.5 Å². The smallest absolute Gasteiger partial charge is 0.160 e. The van der Waals surface area contributed by atoms with Gasteiger partial charge in [0.15, 0.2) is 5.82 Å². The highest BCUT2D eigenvalue weighted by atomic mass is 32.2. The normalized spacial score (nSPS) is 13.1. The summed E-state index contributed by atoms with van der Waals surface area (Å²) in [7, 11) is 0. The zero-order valence-corrected chi connectivity index (χ0v) is 39.2. The van der Waals surface area contributed by atoms with E-state index in [9.17, 15) is 0 Å². The van der Waals surface area contributed by atoms with Gasteiger partial charge in [0.05, 0.1) is 27.7 Å². The summed E-state index contributed by atoms with van der Waals surface area (Å²) in [5.74, 6) is 0.685. The van der Waals surface area contributed by atoms with Gasteiger partial charge in [0.1, 0.15) is 0 Å². The van der Waals surface area contributed by atoms with E-state index in [1.807, 2.05) is 11.8 Å². The van der Waals surface area contributed by atoms with Crippen molar-refractivity contribution in [1.82, 2.24) is 14.5 Å². The zero-order valence-electron chi connectivity index (χ0n) is 38.4. The Labute approximate surface area is 415 Å². The van der Waals surface area contributed by atoms with Gasteiger partial charge < -0.3 is 4.57 Å². The van der Waals surface area contributed by atoms with Crippen molar-refractivity contribution < 1.29 is 0 Å². The van der Waals surface area contributed by atoms with Crippen molar-refractivity contribution in [3.05, 3.63) is 271 Å². The molecule has 0 unspecified atom stereocenters. The summed E-state index contributed by atoms with van der Waals surface area (Å²) in [6, 6.07) is 91.0. The third kappa shape index (κ3) is 5.92. The molecule has 13 aromatic rings. The summed E-state index contributed by atoms with van der Waals surface area (Å²) >= 11 is 1.88. The monoisotopic (exact) mass is 919 g/mol. The molecule has 0 saturated heterocycles. The van der Waals surface area contributed by atoms with Crippen LogP contribution in [-0.4, -0.2) is 14.5 Å². The average Bonchev–Trinajstić information content (AvgIpc) is 3.94. The van der Waals surface area contributed by atoms with E-state index in [2.05, 4.69) is 253 Å². The van der Waals surface area contributed by atoms with E-state index in [-0.39, 0.29) is 0 Å². The molecule has 1 aliphatic heterocycles. The Bertz CT molecular complexity index is 4260. The molecule has 0 N–H and O–H groups in total. The van der Waals surface area contributed by atoms with Crippen molar-refractivity contribution in [2.45, 2.75) is 15.2 Å². The fourth-order valence-corrected chi connectivity index (χ4v) is 13.2. The summed E-state index contributed by atoms with van der Waals surface area (Å²) in [5, 5.41) is 5.90. The van der Waals surface area contributed by atoms with Gasteiger partial charge >= 0.3 is 0 Å². The van der Waals surface area contributed by atoms with Crippen LogP contribution in [0.4, 0.5) is 0 Å². The number of benzene rings is 11. The quantitative estimate of drug-likeness (QED) is 0.172. The first kappa shape index (κ1) is 40.1. The first-order valence-electron chi connectivity index (χ1n) is 24.3. The number of nitrogens with zero attached hydrogens (tertiary/aromatic N) is 3. The van der Waals surface area contributed by atoms with Gasteiger partial charge in [-0.1, -0.05) is 224 Å². The lowest BCUT2D eigenvalue weighted by atomic mass is 9.66. The SMILES string of the molecule is c1ccc(-c2ccc(-c3nc(-c4ccc(-c5cccc6c5C5(c7ccccc7Sc7ccccc75)c5ccccc5-6)cc4)nc4cc(-n5c6ccccc6c6ccc7ccccc7c65)ccc34)cc2)cc1. The molecule has 0 amide bonds. The van der Waals surface area contributed by atoms with Crippen LogP contribution in [0.25, 0.3) is 105 Å². The van der Waals surface area contributed by atoms with Gasteiger partial charge in [-0.05, 0) is 97.4 Å². The molecule has 11 aromatic carbocycles. The molecule has 0 fully saturated rings. The molecule has 0 atom stereocenters. The Balaban J connectivity index is 0.917.